The molecule has 0 radical (unpaired) electrons. The number of rotatable bonds is 2. The maximum Gasteiger partial charge on any atom is 0.266 e. The van der Waals surface area contributed by atoms with E-state index in [1.807, 2.05) is 30.0 Å². The summed E-state index contributed by atoms with van der Waals surface area (Å²) >= 11 is 1.39. The molecule has 0 bridgehead atoms. The van der Waals surface area contributed by atoms with Gasteiger partial charge >= 0.3 is 0 Å². The Bertz CT molecular complexity index is 1010. The van der Waals surface area contributed by atoms with Crippen molar-refractivity contribution in [3.8, 4) is 22.8 Å². The molecule has 8 heteroatoms. The van der Waals surface area contributed by atoms with E-state index in [9.17, 15) is 4.79 Å². The predicted molar refractivity (Wildman–Crippen MR) is 95.4 cm³/mol. The summed E-state index contributed by atoms with van der Waals surface area (Å²) in [4.78, 5) is 19.6. The van der Waals surface area contributed by atoms with E-state index in [1.54, 1.807) is 5.51 Å². The van der Waals surface area contributed by atoms with Gasteiger partial charge in [-0.25, -0.2) is 4.98 Å². The van der Waals surface area contributed by atoms with Crippen LogP contribution in [0.25, 0.3) is 11.3 Å². The molecule has 1 aromatic carbocycles. The van der Waals surface area contributed by atoms with Crippen LogP contribution in [0.3, 0.4) is 0 Å². The number of aryl methyl sites for hydroxylation is 1. The highest BCUT2D eigenvalue weighted by molar-refractivity contribution is 7.11. The SMILES string of the molecule is Cc1ncsc1C(=O)N1CCc2[nH]nc(-c3ccc4c(c3)OCO4)c2C1. The van der Waals surface area contributed by atoms with E-state index in [4.69, 9.17) is 9.47 Å². The van der Waals surface area contributed by atoms with Crippen molar-refractivity contribution in [2.75, 3.05) is 13.3 Å². The largest absolute Gasteiger partial charge is 0.454 e. The number of carbonyl (C=O) groups is 1. The third-order valence-electron chi connectivity index (χ3n) is 4.81. The molecule has 2 aromatic heterocycles. The van der Waals surface area contributed by atoms with Crippen molar-refractivity contribution in [2.24, 2.45) is 0 Å². The molecule has 0 unspecified atom stereocenters. The lowest BCUT2D eigenvalue weighted by Crippen LogP contribution is -2.35. The normalized spacial score (nSPS) is 15.2. The van der Waals surface area contributed by atoms with Crippen molar-refractivity contribution >= 4 is 17.2 Å². The van der Waals surface area contributed by atoms with Gasteiger partial charge < -0.3 is 14.4 Å². The number of hydrogen-bond donors (Lipinski definition) is 1. The molecule has 2 aliphatic rings. The Morgan fingerprint density at radius 2 is 2.19 bits per heavy atom. The number of benzene rings is 1. The molecular formula is C18H16N4O3S. The second-order valence-corrected chi connectivity index (χ2v) is 7.20. The summed E-state index contributed by atoms with van der Waals surface area (Å²) in [5.74, 6) is 1.51. The first kappa shape index (κ1) is 15.4. The molecular weight excluding hydrogens is 352 g/mol. The average molecular weight is 368 g/mol. The van der Waals surface area contributed by atoms with E-state index >= 15 is 0 Å². The van der Waals surface area contributed by atoms with Gasteiger partial charge in [0, 0.05) is 36.3 Å². The topological polar surface area (TPSA) is 80.3 Å². The molecule has 0 saturated heterocycles. The number of ether oxygens (including phenoxy) is 2. The van der Waals surface area contributed by atoms with Crippen LogP contribution in [-0.4, -0.2) is 39.3 Å². The summed E-state index contributed by atoms with van der Waals surface area (Å²) in [5, 5.41) is 7.63. The average Bonchev–Trinajstić information content (AvgIpc) is 3.38. The van der Waals surface area contributed by atoms with Crippen LogP contribution in [0.2, 0.25) is 0 Å². The number of aromatic nitrogens is 3. The van der Waals surface area contributed by atoms with E-state index in [2.05, 4.69) is 15.2 Å². The Labute approximate surface area is 153 Å². The predicted octanol–water partition coefficient (Wildman–Crippen LogP) is 2.77. The fourth-order valence-electron chi connectivity index (χ4n) is 3.40. The Kier molecular flexibility index (Phi) is 3.46. The molecule has 0 aliphatic carbocycles. The van der Waals surface area contributed by atoms with E-state index in [0.717, 1.165) is 46.1 Å². The second-order valence-electron chi connectivity index (χ2n) is 6.34. The van der Waals surface area contributed by atoms with Gasteiger partial charge in [0.15, 0.2) is 11.5 Å². The van der Waals surface area contributed by atoms with E-state index < -0.39 is 0 Å². The zero-order valence-corrected chi connectivity index (χ0v) is 14.9. The first-order valence-corrected chi connectivity index (χ1v) is 9.24. The minimum Gasteiger partial charge on any atom is -0.454 e. The number of aromatic amines is 1. The number of thiazole rings is 1. The number of fused-ring (bicyclic) bond motifs is 2. The molecule has 132 valence electrons. The van der Waals surface area contributed by atoms with E-state index in [1.165, 1.54) is 11.3 Å². The van der Waals surface area contributed by atoms with Crippen LogP contribution >= 0.6 is 11.3 Å². The molecule has 0 spiro atoms. The zero-order valence-electron chi connectivity index (χ0n) is 14.1. The van der Waals surface area contributed by atoms with E-state index in [-0.39, 0.29) is 12.7 Å². The van der Waals surface area contributed by atoms with Crippen LogP contribution in [-0.2, 0) is 13.0 Å². The second kappa shape index (κ2) is 5.84. The maximum atomic E-state index is 12.8. The summed E-state index contributed by atoms with van der Waals surface area (Å²) in [5.41, 5.74) is 6.46. The number of amides is 1. The molecule has 0 fully saturated rings. The Hall–Kier alpha value is -2.87. The smallest absolute Gasteiger partial charge is 0.266 e. The fourth-order valence-corrected chi connectivity index (χ4v) is 4.17. The minimum absolute atomic E-state index is 0.0356. The van der Waals surface area contributed by atoms with Crippen LogP contribution < -0.4 is 9.47 Å². The van der Waals surface area contributed by atoms with Crippen molar-refractivity contribution < 1.29 is 14.3 Å². The lowest BCUT2D eigenvalue weighted by atomic mass is 10.0. The number of carbonyl (C=O) groups excluding carboxylic acids is 1. The highest BCUT2D eigenvalue weighted by atomic mass is 32.1. The third kappa shape index (κ3) is 2.37. The molecule has 1 N–H and O–H groups in total. The summed E-state index contributed by atoms with van der Waals surface area (Å²) in [6.45, 7) is 3.32. The van der Waals surface area contributed by atoms with Gasteiger partial charge in [-0.3, -0.25) is 9.89 Å². The molecule has 4 heterocycles. The van der Waals surface area contributed by atoms with Gasteiger partial charge in [0.1, 0.15) is 4.88 Å². The Morgan fingerprint density at radius 1 is 1.31 bits per heavy atom. The van der Waals surface area contributed by atoms with Crippen LogP contribution in [0, 0.1) is 6.92 Å². The van der Waals surface area contributed by atoms with E-state index in [0.29, 0.717) is 18.0 Å². The van der Waals surface area contributed by atoms with Gasteiger partial charge in [0.2, 0.25) is 6.79 Å². The van der Waals surface area contributed by atoms with Crippen molar-refractivity contribution in [3.05, 3.63) is 45.5 Å². The highest BCUT2D eigenvalue weighted by Crippen LogP contribution is 2.37. The molecule has 1 amide bonds. The van der Waals surface area contributed by atoms with Crippen molar-refractivity contribution in [3.63, 3.8) is 0 Å². The number of H-pyrrole nitrogens is 1. The third-order valence-corrected chi connectivity index (χ3v) is 5.72. The summed E-state index contributed by atoms with van der Waals surface area (Å²) in [7, 11) is 0. The molecule has 26 heavy (non-hydrogen) atoms. The maximum absolute atomic E-state index is 12.8. The number of nitrogens with one attached hydrogen (secondary N) is 1. The summed E-state index contributed by atoms with van der Waals surface area (Å²) in [6.07, 6.45) is 0.760. The minimum atomic E-state index is 0.0356. The Morgan fingerprint density at radius 3 is 3.04 bits per heavy atom. The molecule has 7 nitrogen and oxygen atoms in total. The molecule has 0 saturated carbocycles. The van der Waals surface area contributed by atoms with Crippen molar-refractivity contribution in [1.29, 1.82) is 0 Å². The summed E-state index contributed by atoms with van der Waals surface area (Å²) in [6, 6.07) is 5.80. The first-order valence-electron chi connectivity index (χ1n) is 8.36. The Balaban J connectivity index is 1.47. The number of nitrogens with zero attached hydrogens (tertiary/aromatic N) is 3. The lowest BCUT2D eigenvalue weighted by Gasteiger charge is -2.27. The zero-order chi connectivity index (χ0) is 17.7. The van der Waals surface area contributed by atoms with Gasteiger partial charge in [-0.2, -0.15) is 5.10 Å². The quantitative estimate of drug-likeness (QED) is 0.752. The van der Waals surface area contributed by atoms with Gasteiger partial charge in [-0.1, -0.05) is 0 Å². The standard InChI is InChI=1S/C18H16N4O3S/c1-10-17(26-8-19-10)18(23)22-5-4-13-12(7-22)16(21-20-13)11-2-3-14-15(6-11)25-9-24-14/h2-3,6,8H,4-5,7,9H2,1H3,(H,20,21). The van der Waals surface area contributed by atoms with Crippen LogP contribution in [0.15, 0.2) is 23.7 Å². The molecule has 5 rings (SSSR count). The van der Waals surface area contributed by atoms with Crippen LogP contribution in [0.5, 0.6) is 11.5 Å². The van der Waals surface area contributed by atoms with Gasteiger partial charge in [-0.05, 0) is 25.1 Å². The van der Waals surface area contributed by atoms with Crippen molar-refractivity contribution in [2.45, 2.75) is 19.9 Å². The summed E-state index contributed by atoms with van der Waals surface area (Å²) < 4.78 is 10.8. The number of hydrogen-bond acceptors (Lipinski definition) is 6. The molecule has 2 aliphatic heterocycles. The van der Waals surface area contributed by atoms with Crippen molar-refractivity contribution in [1.82, 2.24) is 20.1 Å². The lowest BCUT2D eigenvalue weighted by molar-refractivity contribution is 0.0738. The van der Waals surface area contributed by atoms with Gasteiger partial charge in [0.25, 0.3) is 5.91 Å². The first-order chi connectivity index (χ1) is 12.7. The molecule has 3 aromatic rings. The molecule has 0 atom stereocenters. The van der Waals surface area contributed by atoms with Gasteiger partial charge in [0.05, 0.1) is 16.9 Å². The fraction of sp³-hybridized carbons (Fsp3) is 0.278. The van der Waals surface area contributed by atoms with Gasteiger partial charge in [-0.15, -0.1) is 11.3 Å². The van der Waals surface area contributed by atoms with Crippen LogP contribution in [0.1, 0.15) is 26.6 Å². The van der Waals surface area contributed by atoms with Crippen LogP contribution in [0.4, 0.5) is 0 Å². The highest BCUT2D eigenvalue weighted by Gasteiger charge is 2.28. The monoisotopic (exact) mass is 368 g/mol.